The highest BCUT2D eigenvalue weighted by Gasteiger charge is 2.44. The van der Waals surface area contributed by atoms with Gasteiger partial charge in [-0.05, 0) is 38.1 Å². The van der Waals surface area contributed by atoms with Gasteiger partial charge in [-0.25, -0.2) is 4.98 Å². The Morgan fingerprint density at radius 3 is 2.79 bits per heavy atom. The molecule has 0 aromatic carbocycles. The fourth-order valence-electron chi connectivity index (χ4n) is 2.81. The first-order chi connectivity index (χ1) is 9.25. The zero-order chi connectivity index (χ0) is 13.7. The molecule has 0 saturated heterocycles. The normalized spacial score (nSPS) is 18.5. The van der Waals surface area contributed by atoms with Gasteiger partial charge in [-0.15, -0.1) is 0 Å². The van der Waals surface area contributed by atoms with Crippen molar-refractivity contribution in [1.29, 1.82) is 0 Å². The summed E-state index contributed by atoms with van der Waals surface area (Å²) < 4.78 is 2.22. The van der Waals surface area contributed by atoms with Crippen molar-refractivity contribution in [2.45, 2.75) is 58.0 Å². The summed E-state index contributed by atoms with van der Waals surface area (Å²) in [4.78, 5) is 4.44. The molecule has 1 aromatic rings. The van der Waals surface area contributed by atoms with Crippen molar-refractivity contribution < 1.29 is 5.11 Å². The Kier molecular flexibility index (Phi) is 4.99. The Bertz CT molecular complexity index is 386. The minimum atomic E-state index is -0.154. The summed E-state index contributed by atoms with van der Waals surface area (Å²) in [5.74, 6) is 1.75. The maximum absolute atomic E-state index is 9.94. The number of hydrogen-bond acceptors (Lipinski definition) is 3. The number of aryl methyl sites for hydroxylation is 1. The van der Waals surface area contributed by atoms with E-state index in [9.17, 15) is 5.11 Å². The molecule has 4 heteroatoms. The van der Waals surface area contributed by atoms with Crippen molar-refractivity contribution in [2.24, 2.45) is 5.92 Å². The van der Waals surface area contributed by atoms with Crippen LogP contribution in [0.2, 0.25) is 0 Å². The van der Waals surface area contributed by atoms with Crippen molar-refractivity contribution in [3.8, 4) is 0 Å². The molecule has 1 aromatic heterocycles. The number of rotatable bonds is 9. The lowest BCUT2D eigenvalue weighted by Crippen LogP contribution is -2.54. The standard InChI is InChI=1S/C15H27N3O/c1-3-5-14-16-9-10-18(14)11-15(12-19,13-6-7-13)17-8-4-2/h9-10,13,17,19H,3-8,11-12H2,1-2H3. The molecule has 1 atom stereocenters. The van der Waals surface area contributed by atoms with Gasteiger partial charge in [0.15, 0.2) is 0 Å². The first-order valence-corrected chi connectivity index (χ1v) is 7.61. The van der Waals surface area contributed by atoms with Crippen LogP contribution in [-0.2, 0) is 13.0 Å². The molecule has 1 aliphatic carbocycles. The molecular formula is C15H27N3O. The highest BCUT2D eigenvalue weighted by Crippen LogP contribution is 2.40. The number of nitrogens with one attached hydrogen (secondary N) is 1. The fourth-order valence-corrected chi connectivity index (χ4v) is 2.81. The van der Waals surface area contributed by atoms with Gasteiger partial charge in [-0.2, -0.15) is 0 Å². The molecule has 1 heterocycles. The van der Waals surface area contributed by atoms with Crippen LogP contribution in [0.4, 0.5) is 0 Å². The summed E-state index contributed by atoms with van der Waals surface area (Å²) in [6.45, 7) is 6.36. The van der Waals surface area contributed by atoms with E-state index in [2.05, 4.69) is 28.7 Å². The molecule has 0 aliphatic heterocycles. The second kappa shape index (κ2) is 6.53. The number of imidazole rings is 1. The van der Waals surface area contributed by atoms with Crippen LogP contribution in [0.15, 0.2) is 12.4 Å². The summed E-state index contributed by atoms with van der Waals surface area (Å²) in [6, 6.07) is 0. The number of nitrogens with zero attached hydrogens (tertiary/aromatic N) is 2. The summed E-state index contributed by atoms with van der Waals surface area (Å²) in [6.07, 6.45) is 9.59. The van der Waals surface area contributed by atoms with Crippen LogP contribution in [0.25, 0.3) is 0 Å². The molecule has 19 heavy (non-hydrogen) atoms. The molecule has 108 valence electrons. The minimum absolute atomic E-state index is 0.154. The van der Waals surface area contributed by atoms with Gasteiger partial charge in [-0.3, -0.25) is 0 Å². The highest BCUT2D eigenvalue weighted by atomic mass is 16.3. The third-order valence-electron chi connectivity index (χ3n) is 4.10. The molecule has 2 N–H and O–H groups in total. The van der Waals surface area contributed by atoms with Gasteiger partial charge in [0.1, 0.15) is 5.82 Å². The third kappa shape index (κ3) is 3.37. The Labute approximate surface area is 116 Å². The predicted molar refractivity (Wildman–Crippen MR) is 77.1 cm³/mol. The van der Waals surface area contributed by atoms with E-state index in [4.69, 9.17) is 0 Å². The van der Waals surface area contributed by atoms with Gasteiger partial charge in [0, 0.05) is 25.4 Å². The molecule has 0 amide bonds. The van der Waals surface area contributed by atoms with E-state index in [1.54, 1.807) is 0 Å². The van der Waals surface area contributed by atoms with Gasteiger partial charge in [0.25, 0.3) is 0 Å². The number of aliphatic hydroxyl groups is 1. The van der Waals surface area contributed by atoms with Gasteiger partial charge >= 0.3 is 0 Å². The maximum atomic E-state index is 9.94. The zero-order valence-corrected chi connectivity index (χ0v) is 12.2. The smallest absolute Gasteiger partial charge is 0.108 e. The Morgan fingerprint density at radius 2 is 2.21 bits per heavy atom. The van der Waals surface area contributed by atoms with Crippen molar-refractivity contribution in [3.63, 3.8) is 0 Å². The van der Waals surface area contributed by atoms with E-state index in [1.807, 2.05) is 12.4 Å². The van der Waals surface area contributed by atoms with Crippen LogP contribution >= 0.6 is 0 Å². The van der Waals surface area contributed by atoms with E-state index in [0.29, 0.717) is 5.92 Å². The Morgan fingerprint density at radius 1 is 1.42 bits per heavy atom. The Balaban J connectivity index is 2.12. The average Bonchev–Trinajstić information content (AvgIpc) is 3.19. The quantitative estimate of drug-likeness (QED) is 0.718. The highest BCUT2D eigenvalue weighted by molar-refractivity contribution is 5.04. The average molecular weight is 265 g/mol. The van der Waals surface area contributed by atoms with Crippen LogP contribution in [0.1, 0.15) is 45.4 Å². The monoisotopic (exact) mass is 265 g/mol. The molecule has 0 bridgehead atoms. The third-order valence-corrected chi connectivity index (χ3v) is 4.10. The minimum Gasteiger partial charge on any atom is -0.394 e. The van der Waals surface area contributed by atoms with E-state index in [0.717, 1.165) is 38.2 Å². The maximum Gasteiger partial charge on any atom is 0.108 e. The second-order valence-electron chi connectivity index (χ2n) is 5.74. The Hall–Kier alpha value is -0.870. The zero-order valence-electron chi connectivity index (χ0n) is 12.2. The van der Waals surface area contributed by atoms with Crippen LogP contribution in [0.3, 0.4) is 0 Å². The van der Waals surface area contributed by atoms with E-state index < -0.39 is 0 Å². The summed E-state index contributed by atoms with van der Waals surface area (Å²) in [7, 11) is 0. The lowest BCUT2D eigenvalue weighted by atomic mass is 9.93. The van der Waals surface area contributed by atoms with Crippen molar-refractivity contribution in [2.75, 3.05) is 13.2 Å². The molecule has 1 saturated carbocycles. The number of aliphatic hydroxyl groups excluding tert-OH is 1. The van der Waals surface area contributed by atoms with Gasteiger partial charge < -0.3 is 15.0 Å². The summed E-state index contributed by atoms with van der Waals surface area (Å²) in [5, 5.41) is 13.5. The van der Waals surface area contributed by atoms with E-state index in [-0.39, 0.29) is 12.1 Å². The lowest BCUT2D eigenvalue weighted by molar-refractivity contribution is 0.121. The molecule has 1 unspecified atom stereocenters. The first kappa shape index (κ1) is 14.5. The van der Waals surface area contributed by atoms with Crippen LogP contribution in [0.5, 0.6) is 0 Å². The predicted octanol–water partition coefficient (Wildman–Crippen LogP) is 1.98. The van der Waals surface area contributed by atoms with E-state index in [1.165, 1.54) is 12.8 Å². The molecule has 1 aliphatic rings. The van der Waals surface area contributed by atoms with Gasteiger partial charge in [0.2, 0.25) is 0 Å². The fraction of sp³-hybridized carbons (Fsp3) is 0.800. The van der Waals surface area contributed by atoms with E-state index >= 15 is 0 Å². The van der Waals surface area contributed by atoms with Crippen LogP contribution in [0, 0.1) is 5.92 Å². The molecule has 0 spiro atoms. The van der Waals surface area contributed by atoms with Gasteiger partial charge in [0.05, 0.1) is 12.1 Å². The number of aromatic nitrogens is 2. The number of hydrogen-bond donors (Lipinski definition) is 2. The first-order valence-electron chi connectivity index (χ1n) is 7.61. The van der Waals surface area contributed by atoms with Crippen molar-refractivity contribution in [1.82, 2.24) is 14.9 Å². The van der Waals surface area contributed by atoms with Crippen LogP contribution < -0.4 is 5.32 Å². The molecule has 1 fully saturated rings. The molecule has 4 nitrogen and oxygen atoms in total. The lowest BCUT2D eigenvalue weighted by Gasteiger charge is -2.34. The van der Waals surface area contributed by atoms with Gasteiger partial charge in [-0.1, -0.05) is 13.8 Å². The molecule has 0 radical (unpaired) electrons. The summed E-state index contributed by atoms with van der Waals surface area (Å²) >= 11 is 0. The van der Waals surface area contributed by atoms with Crippen molar-refractivity contribution >= 4 is 0 Å². The molecule has 2 rings (SSSR count). The SMILES string of the molecule is CCCNC(CO)(Cn1ccnc1CCC)C1CC1. The largest absolute Gasteiger partial charge is 0.394 e. The second-order valence-corrected chi connectivity index (χ2v) is 5.74. The van der Waals surface area contributed by atoms with Crippen molar-refractivity contribution in [3.05, 3.63) is 18.2 Å². The van der Waals surface area contributed by atoms with Crippen LogP contribution in [-0.4, -0.2) is 33.3 Å². The summed E-state index contributed by atoms with van der Waals surface area (Å²) in [5.41, 5.74) is -0.154. The topological polar surface area (TPSA) is 50.1 Å². The molecular weight excluding hydrogens is 238 g/mol.